The normalized spacial score (nSPS) is 11.4. The van der Waals surface area contributed by atoms with Crippen LogP contribution in [-0.4, -0.2) is 13.1 Å². The van der Waals surface area contributed by atoms with Gasteiger partial charge in [-0.05, 0) is 137 Å². The monoisotopic (exact) mass is 760 g/mol. The second kappa shape index (κ2) is 41.9. The number of benzene rings is 2. The predicted octanol–water partition coefficient (Wildman–Crippen LogP) is 18.6. The van der Waals surface area contributed by atoms with Crippen LogP contribution >= 0.6 is 0 Å². The van der Waals surface area contributed by atoms with Gasteiger partial charge in [0, 0.05) is 0 Å². The summed E-state index contributed by atoms with van der Waals surface area (Å²) in [6, 6.07) is 11.1. The largest absolute Gasteiger partial charge is 0.264 e. The van der Waals surface area contributed by atoms with E-state index in [1.165, 1.54) is 104 Å². The van der Waals surface area contributed by atoms with E-state index in [9.17, 15) is 8.78 Å². The van der Waals surface area contributed by atoms with Crippen molar-refractivity contribution in [3.8, 4) is 0 Å². The number of alkyl halides is 2. The van der Waals surface area contributed by atoms with Crippen LogP contribution in [0, 0.1) is 44.4 Å². The smallest absolute Gasteiger partial charge is 0.235 e. The fourth-order valence-electron chi connectivity index (χ4n) is 5.83. The van der Waals surface area contributed by atoms with Gasteiger partial charge in [-0.15, -0.1) is 0 Å². The van der Waals surface area contributed by atoms with E-state index in [0.717, 1.165) is 48.3 Å². The second-order valence-corrected chi connectivity index (χ2v) is 14.5. The van der Waals surface area contributed by atoms with Crippen molar-refractivity contribution in [1.29, 1.82) is 0 Å². The Kier molecular flexibility index (Phi) is 47.2. The average molecular weight is 760 g/mol. The molecule has 1 unspecified atom stereocenters. The van der Waals surface area contributed by atoms with E-state index in [2.05, 4.69) is 125 Å². The fraction of sp³-hybridized carbons (Fsp3) is 0.706. The van der Waals surface area contributed by atoms with Crippen molar-refractivity contribution >= 4 is 18.0 Å². The number of hydrogen-bond donors (Lipinski definition) is 0. The number of rotatable bonds is 14. The SMILES string of the molecule is C=Nc1c(C)cc(C(=C)C)cc1CC.CC.CC.CC.CC(F)F.CCC(C)CCc1ccc(C)cc1C.CCCC(C)C.CCCC(CCC)C1CC1. The van der Waals surface area contributed by atoms with Gasteiger partial charge in [-0.3, -0.25) is 4.99 Å². The Balaban J connectivity index is -0.000000188. The molecule has 318 valence electrons. The molecule has 1 nitrogen and oxygen atoms in total. The first-order valence-corrected chi connectivity index (χ1v) is 22.2. The van der Waals surface area contributed by atoms with Crippen molar-refractivity contribution < 1.29 is 8.78 Å². The van der Waals surface area contributed by atoms with E-state index in [1.807, 2.05) is 48.5 Å². The highest BCUT2D eigenvalue weighted by Crippen LogP contribution is 2.41. The van der Waals surface area contributed by atoms with E-state index in [4.69, 9.17) is 0 Å². The molecule has 3 heteroatoms. The zero-order chi connectivity index (χ0) is 43.2. The van der Waals surface area contributed by atoms with Gasteiger partial charge in [0.15, 0.2) is 0 Å². The summed E-state index contributed by atoms with van der Waals surface area (Å²) in [7, 11) is 0. The summed E-state index contributed by atoms with van der Waals surface area (Å²) in [6.45, 7) is 46.9. The van der Waals surface area contributed by atoms with Crippen molar-refractivity contribution in [3.05, 3.63) is 70.3 Å². The molecule has 1 fully saturated rings. The van der Waals surface area contributed by atoms with Crippen LogP contribution < -0.4 is 0 Å². The summed E-state index contributed by atoms with van der Waals surface area (Å²) in [5.74, 6) is 3.99. The maximum Gasteiger partial charge on any atom is 0.235 e. The van der Waals surface area contributed by atoms with Crippen LogP contribution in [0.1, 0.15) is 208 Å². The van der Waals surface area contributed by atoms with Gasteiger partial charge < -0.3 is 0 Å². The van der Waals surface area contributed by atoms with E-state index < -0.39 is 6.43 Å². The van der Waals surface area contributed by atoms with Crippen LogP contribution in [0.25, 0.3) is 5.57 Å². The molecule has 1 aliphatic carbocycles. The van der Waals surface area contributed by atoms with Crippen LogP contribution in [0.3, 0.4) is 0 Å². The lowest BCUT2D eigenvalue weighted by molar-refractivity contribution is 0.171. The Morgan fingerprint density at radius 1 is 0.722 bits per heavy atom. The summed E-state index contributed by atoms with van der Waals surface area (Å²) in [4.78, 5) is 4.06. The van der Waals surface area contributed by atoms with Gasteiger partial charge in [0.2, 0.25) is 6.43 Å². The van der Waals surface area contributed by atoms with Crippen LogP contribution in [0.15, 0.2) is 41.9 Å². The molecule has 0 amide bonds. The number of aliphatic imine (C=N–C) groups is 1. The molecule has 0 radical (unpaired) electrons. The Hall–Kier alpha value is -2.29. The van der Waals surface area contributed by atoms with Crippen molar-refractivity contribution in [2.24, 2.45) is 28.7 Å². The van der Waals surface area contributed by atoms with Gasteiger partial charge in [-0.25, -0.2) is 8.78 Å². The average Bonchev–Trinajstić information content (AvgIpc) is 4.00. The second-order valence-electron chi connectivity index (χ2n) is 14.5. The molecule has 0 spiro atoms. The predicted molar refractivity (Wildman–Crippen MR) is 250 cm³/mol. The van der Waals surface area contributed by atoms with Gasteiger partial charge in [-0.1, -0.05) is 178 Å². The van der Waals surface area contributed by atoms with Crippen LogP contribution in [0.2, 0.25) is 0 Å². The van der Waals surface area contributed by atoms with Crippen LogP contribution in [-0.2, 0) is 12.8 Å². The lowest BCUT2D eigenvalue weighted by Crippen LogP contribution is -2.01. The molecule has 2 aromatic carbocycles. The highest BCUT2D eigenvalue weighted by Gasteiger charge is 2.29. The third-order valence-corrected chi connectivity index (χ3v) is 8.99. The Labute approximate surface area is 339 Å². The molecule has 0 heterocycles. The third-order valence-electron chi connectivity index (χ3n) is 8.99. The van der Waals surface area contributed by atoms with E-state index in [-0.39, 0.29) is 0 Å². The van der Waals surface area contributed by atoms with Gasteiger partial charge in [-0.2, -0.15) is 0 Å². The first-order chi connectivity index (χ1) is 25.6. The maximum atomic E-state index is 10.3. The minimum Gasteiger partial charge on any atom is -0.264 e. The zero-order valence-electron chi connectivity index (χ0n) is 39.9. The number of aryl methyl sites for hydroxylation is 5. The molecule has 0 saturated heterocycles. The Morgan fingerprint density at radius 3 is 1.52 bits per heavy atom. The summed E-state index contributed by atoms with van der Waals surface area (Å²) in [5, 5.41) is 0. The quantitative estimate of drug-likeness (QED) is 0.170. The lowest BCUT2D eigenvalue weighted by atomic mass is 9.93. The van der Waals surface area contributed by atoms with E-state index in [0.29, 0.717) is 0 Å². The minimum absolute atomic E-state index is 0.833. The van der Waals surface area contributed by atoms with E-state index >= 15 is 0 Å². The van der Waals surface area contributed by atoms with Gasteiger partial charge in [0.05, 0.1) is 5.69 Å². The molecule has 0 aliphatic heterocycles. The van der Waals surface area contributed by atoms with Crippen molar-refractivity contribution in [2.45, 2.75) is 215 Å². The zero-order valence-corrected chi connectivity index (χ0v) is 39.9. The number of halogens is 2. The van der Waals surface area contributed by atoms with Gasteiger partial charge in [0.1, 0.15) is 0 Å². The maximum absolute atomic E-state index is 10.3. The first kappa shape index (κ1) is 60.9. The fourth-order valence-corrected chi connectivity index (χ4v) is 5.83. The van der Waals surface area contributed by atoms with Gasteiger partial charge >= 0.3 is 0 Å². The minimum atomic E-state index is -2.17. The number of hydrogen-bond acceptors (Lipinski definition) is 1. The first-order valence-electron chi connectivity index (χ1n) is 22.2. The number of allylic oxidation sites excluding steroid dienone is 1. The third kappa shape index (κ3) is 35.4. The molecule has 2 aromatic rings. The summed E-state index contributed by atoms with van der Waals surface area (Å²) in [5.41, 5.74) is 10.1. The molecule has 54 heavy (non-hydrogen) atoms. The molecule has 0 bridgehead atoms. The molecule has 0 N–H and O–H groups in total. The number of nitrogens with zero attached hydrogens (tertiary/aromatic N) is 1. The van der Waals surface area contributed by atoms with E-state index in [1.54, 1.807) is 0 Å². The molecule has 0 aromatic heterocycles. The van der Waals surface area contributed by atoms with Crippen LogP contribution in [0.5, 0.6) is 0 Å². The molecule has 1 aliphatic rings. The highest BCUT2D eigenvalue weighted by molar-refractivity contribution is 5.68. The summed E-state index contributed by atoms with van der Waals surface area (Å²) < 4.78 is 20.7. The highest BCUT2D eigenvalue weighted by atomic mass is 19.3. The summed E-state index contributed by atoms with van der Waals surface area (Å²) >= 11 is 0. The standard InChI is InChI=1S/C14H22.C13H17N.C10H20.C6H14.C2H4F2.3C2H6/c1-5-11(2)6-8-14-9-7-12(3)10-13(14)4;1-6-11-8-12(9(2)3)7-10(4)13(11)14-5;1-3-5-9(6-4-2)10-7-8-10;1-4-5-6(2)3;1-2(3)4;3*1-2/h7,9-11H,5-6,8H2,1-4H3;7-8H,2,5-6H2,1,3-4H3;9-10H,3-8H2,1-2H3;6H,4-5H2,1-3H3;2H,1H3;3*1-2H3. The van der Waals surface area contributed by atoms with Crippen molar-refractivity contribution in [3.63, 3.8) is 0 Å². The molecular weight excluding hydrogens is 665 g/mol. The molecule has 1 atom stereocenters. The van der Waals surface area contributed by atoms with Crippen LogP contribution in [0.4, 0.5) is 14.5 Å². The molecule has 1 saturated carbocycles. The van der Waals surface area contributed by atoms with Crippen molar-refractivity contribution in [2.75, 3.05) is 0 Å². The molecular formula is C51H95F2N. The van der Waals surface area contributed by atoms with Crippen molar-refractivity contribution in [1.82, 2.24) is 0 Å². The summed E-state index contributed by atoms with van der Waals surface area (Å²) in [6.07, 6.45) is 14.2. The topological polar surface area (TPSA) is 12.4 Å². The molecule has 3 rings (SSSR count). The Morgan fingerprint density at radius 2 is 1.20 bits per heavy atom. The van der Waals surface area contributed by atoms with Gasteiger partial charge in [0.25, 0.3) is 0 Å². The Bertz CT molecular complexity index is 1100. The lowest BCUT2D eigenvalue weighted by Gasteiger charge is -2.12.